The molecule has 44 heavy (non-hydrogen) atoms. The zero-order valence-electron chi connectivity index (χ0n) is 26.2. The monoisotopic (exact) mass is 610 g/mol. The van der Waals surface area contributed by atoms with Gasteiger partial charge in [0.15, 0.2) is 5.69 Å². The molecule has 0 spiro atoms. The molecular weight excluding hydrogens is 566 g/mol. The van der Waals surface area contributed by atoms with Gasteiger partial charge in [0.25, 0.3) is 11.8 Å². The van der Waals surface area contributed by atoms with Crippen molar-refractivity contribution in [3.05, 3.63) is 36.2 Å². The Bertz CT molecular complexity index is 1410. The average molecular weight is 611 g/mol. The van der Waals surface area contributed by atoms with E-state index in [1.165, 1.54) is 0 Å². The van der Waals surface area contributed by atoms with Gasteiger partial charge in [-0.3, -0.25) is 9.59 Å². The van der Waals surface area contributed by atoms with Crippen molar-refractivity contribution in [1.82, 2.24) is 25.5 Å². The average Bonchev–Trinajstić information content (AvgIpc) is 3.66. The Hall–Kier alpha value is -3.34. The number of aromatic nitrogens is 2. The van der Waals surface area contributed by atoms with Crippen molar-refractivity contribution < 1.29 is 23.1 Å². The van der Waals surface area contributed by atoms with Crippen LogP contribution in [0.4, 0.5) is 14.5 Å². The van der Waals surface area contributed by atoms with Gasteiger partial charge in [0.05, 0.1) is 23.6 Å². The number of carbonyl (C=O) groups is 2. The SMILES string of the molecule is CCOc1ncccc1-c1ccc(N2CCN(C(=O)C34CCC(CC3(F)F)C4(C)C)C[C@H]2CC)c(C(=O)N[C@@H]2CCNC2)n1. The number of halogens is 2. The molecule has 2 aromatic heterocycles. The molecule has 11 heteroatoms. The molecule has 238 valence electrons. The summed E-state index contributed by atoms with van der Waals surface area (Å²) in [5.41, 5.74) is -0.185. The number of amides is 2. The largest absolute Gasteiger partial charge is 0.477 e. The number of ether oxygens (including phenoxy) is 1. The number of alkyl halides is 2. The van der Waals surface area contributed by atoms with E-state index < -0.39 is 22.7 Å². The van der Waals surface area contributed by atoms with E-state index in [0.29, 0.717) is 74.1 Å². The van der Waals surface area contributed by atoms with Crippen LogP contribution in [-0.2, 0) is 4.79 Å². The van der Waals surface area contributed by atoms with Crippen LogP contribution < -0.4 is 20.3 Å². The predicted octanol–water partition coefficient (Wildman–Crippen LogP) is 4.52. The van der Waals surface area contributed by atoms with Crippen molar-refractivity contribution in [3.63, 3.8) is 0 Å². The van der Waals surface area contributed by atoms with Gasteiger partial charge in [-0.15, -0.1) is 0 Å². The Morgan fingerprint density at radius 2 is 1.98 bits per heavy atom. The maximum atomic E-state index is 15.6. The van der Waals surface area contributed by atoms with Crippen molar-refractivity contribution in [2.24, 2.45) is 16.7 Å². The second-order valence-electron chi connectivity index (χ2n) is 13.3. The molecule has 4 fully saturated rings. The van der Waals surface area contributed by atoms with Crippen LogP contribution in [0.1, 0.15) is 70.3 Å². The Balaban J connectivity index is 1.31. The zero-order chi connectivity index (χ0) is 31.3. The van der Waals surface area contributed by atoms with Crippen molar-refractivity contribution in [1.29, 1.82) is 0 Å². The molecule has 2 aliphatic heterocycles. The van der Waals surface area contributed by atoms with Crippen molar-refractivity contribution in [2.75, 3.05) is 44.2 Å². The summed E-state index contributed by atoms with van der Waals surface area (Å²) < 4.78 is 36.8. The van der Waals surface area contributed by atoms with Gasteiger partial charge in [-0.1, -0.05) is 20.8 Å². The van der Waals surface area contributed by atoms with Crippen LogP contribution in [0.3, 0.4) is 0 Å². The van der Waals surface area contributed by atoms with Crippen molar-refractivity contribution in [3.8, 4) is 17.1 Å². The fourth-order valence-corrected chi connectivity index (χ4v) is 8.30. The molecule has 2 aliphatic carbocycles. The zero-order valence-corrected chi connectivity index (χ0v) is 26.2. The number of carbonyl (C=O) groups excluding carboxylic acids is 2. The standard InChI is InChI=1S/C33H44F2N6O3/c1-5-23-20-40(30(43)32-13-11-21(31(32,3)4)18-33(32,34)35)16-17-41(23)26-10-9-25(24-8-7-14-37-29(24)44-6-2)39-27(26)28(42)38-22-12-15-36-19-22/h7-10,14,21-23,36H,5-6,11-13,15-20H2,1-4H3,(H,38,42)/t21?,22-,23-,32?/m1/s1. The minimum atomic E-state index is -3.01. The lowest BCUT2D eigenvalue weighted by molar-refractivity contribution is -0.179. The highest BCUT2D eigenvalue weighted by atomic mass is 19.3. The van der Waals surface area contributed by atoms with Gasteiger partial charge in [-0.2, -0.15) is 0 Å². The van der Waals surface area contributed by atoms with Crippen LogP contribution in [0.2, 0.25) is 0 Å². The molecule has 4 atom stereocenters. The van der Waals surface area contributed by atoms with Gasteiger partial charge < -0.3 is 25.2 Å². The summed E-state index contributed by atoms with van der Waals surface area (Å²) in [5.74, 6) is -3.39. The first kappa shape index (κ1) is 30.7. The number of piperazine rings is 1. The van der Waals surface area contributed by atoms with Crippen molar-refractivity contribution in [2.45, 2.75) is 77.8 Å². The van der Waals surface area contributed by atoms with E-state index in [0.717, 1.165) is 13.0 Å². The number of anilines is 1. The van der Waals surface area contributed by atoms with E-state index in [2.05, 4.69) is 20.5 Å². The molecule has 4 aliphatic rings. The molecule has 9 nitrogen and oxygen atoms in total. The van der Waals surface area contributed by atoms with Gasteiger partial charge in [-0.05, 0) is 74.8 Å². The van der Waals surface area contributed by atoms with Gasteiger partial charge in [0.1, 0.15) is 5.41 Å². The molecule has 6 rings (SSSR count). The van der Waals surface area contributed by atoms with Crippen LogP contribution in [0, 0.1) is 16.7 Å². The minimum Gasteiger partial charge on any atom is -0.477 e. The molecule has 2 amide bonds. The van der Waals surface area contributed by atoms with Crippen LogP contribution >= 0.6 is 0 Å². The minimum absolute atomic E-state index is 0.000511. The van der Waals surface area contributed by atoms with Crippen LogP contribution in [0.5, 0.6) is 5.88 Å². The summed E-state index contributed by atoms with van der Waals surface area (Å²) in [4.78, 5) is 40.9. The highest BCUT2D eigenvalue weighted by Crippen LogP contribution is 2.72. The maximum absolute atomic E-state index is 15.6. The third-order valence-electron chi connectivity index (χ3n) is 10.8. The fraction of sp³-hybridized carbons (Fsp3) is 0.636. The molecule has 2 bridgehead atoms. The first-order chi connectivity index (χ1) is 21.0. The van der Waals surface area contributed by atoms with Gasteiger partial charge >= 0.3 is 0 Å². The second-order valence-corrected chi connectivity index (χ2v) is 13.3. The number of hydrogen-bond acceptors (Lipinski definition) is 7. The lowest BCUT2D eigenvalue weighted by Gasteiger charge is -2.48. The van der Waals surface area contributed by atoms with Crippen LogP contribution in [-0.4, -0.2) is 84.0 Å². The first-order valence-corrected chi connectivity index (χ1v) is 16.1. The quantitative estimate of drug-likeness (QED) is 0.454. The molecule has 0 radical (unpaired) electrons. The smallest absolute Gasteiger partial charge is 0.272 e. The third-order valence-corrected chi connectivity index (χ3v) is 10.8. The number of rotatable bonds is 8. The molecule has 2 saturated heterocycles. The van der Waals surface area contributed by atoms with E-state index >= 15 is 8.78 Å². The molecule has 2 saturated carbocycles. The molecule has 2 aromatic rings. The molecule has 0 aromatic carbocycles. The molecular formula is C33H44F2N6O3. The Labute approximate surface area is 258 Å². The lowest BCUT2D eigenvalue weighted by Crippen LogP contribution is -2.62. The predicted molar refractivity (Wildman–Crippen MR) is 164 cm³/mol. The summed E-state index contributed by atoms with van der Waals surface area (Å²) in [6, 6.07) is 7.29. The summed E-state index contributed by atoms with van der Waals surface area (Å²) in [6.45, 7) is 10.6. The molecule has 2 N–H and O–H groups in total. The third kappa shape index (κ3) is 4.82. The maximum Gasteiger partial charge on any atom is 0.272 e. The van der Waals surface area contributed by atoms with E-state index in [1.807, 2.05) is 52.0 Å². The van der Waals surface area contributed by atoms with Gasteiger partial charge in [0.2, 0.25) is 11.8 Å². The second kappa shape index (κ2) is 11.5. The Morgan fingerprint density at radius 3 is 2.64 bits per heavy atom. The van der Waals surface area contributed by atoms with Crippen molar-refractivity contribution >= 4 is 17.5 Å². The Kier molecular flexibility index (Phi) is 8.05. The normalized spacial score (nSPS) is 28.7. The summed E-state index contributed by atoms with van der Waals surface area (Å²) in [6.07, 6.45) is 3.85. The molecule has 4 heterocycles. The topological polar surface area (TPSA) is 99.7 Å². The fourth-order valence-electron chi connectivity index (χ4n) is 8.30. The summed E-state index contributed by atoms with van der Waals surface area (Å²) >= 11 is 0. The number of pyridine rings is 2. The highest BCUT2D eigenvalue weighted by Gasteiger charge is 2.77. The van der Waals surface area contributed by atoms with E-state index in [4.69, 9.17) is 9.72 Å². The summed E-state index contributed by atoms with van der Waals surface area (Å²) in [5, 5.41) is 6.42. The number of hydrogen-bond donors (Lipinski definition) is 2. The lowest BCUT2D eigenvalue weighted by atomic mass is 9.66. The number of fused-ring (bicyclic) bond motifs is 2. The van der Waals surface area contributed by atoms with Crippen LogP contribution in [0.15, 0.2) is 30.5 Å². The van der Waals surface area contributed by atoms with Crippen LogP contribution in [0.25, 0.3) is 11.3 Å². The number of nitrogens with one attached hydrogen (secondary N) is 2. The van der Waals surface area contributed by atoms with E-state index in [1.54, 1.807) is 11.1 Å². The Morgan fingerprint density at radius 1 is 1.16 bits per heavy atom. The van der Waals surface area contributed by atoms with Gasteiger partial charge in [0, 0.05) is 50.9 Å². The van der Waals surface area contributed by atoms with E-state index in [-0.39, 0.29) is 36.8 Å². The van der Waals surface area contributed by atoms with E-state index in [9.17, 15) is 9.59 Å². The summed E-state index contributed by atoms with van der Waals surface area (Å²) in [7, 11) is 0. The molecule has 2 unspecified atom stereocenters. The highest BCUT2D eigenvalue weighted by molar-refractivity contribution is 5.99. The van der Waals surface area contributed by atoms with Gasteiger partial charge in [-0.25, -0.2) is 18.7 Å². The first-order valence-electron chi connectivity index (χ1n) is 16.1. The number of nitrogens with zero attached hydrogens (tertiary/aromatic N) is 4.